The number of nitrogens with one attached hydrogen (secondary N) is 4. The van der Waals surface area contributed by atoms with E-state index in [2.05, 4.69) is 39.0 Å². The average molecular weight is 241 g/mol. The normalized spacial score (nSPS) is 17.8. The van der Waals surface area contributed by atoms with Crippen LogP contribution in [-0.2, 0) is 0 Å². The molecule has 1 atom stereocenters. The maximum Gasteiger partial charge on any atom is 0.0983 e. The van der Waals surface area contributed by atoms with Gasteiger partial charge in [-0.2, -0.15) is 11.1 Å². The Bertz CT molecular complexity index is 442. The average Bonchev–Trinajstić information content (AvgIpc) is 2.95. The summed E-state index contributed by atoms with van der Waals surface area (Å²) >= 11 is 0. The standard InChI is InChI=1S/C13H15N5/c1-2-6-10(7-3-1)12(13-15-17-18-16-13)11-8-4-5-9-14-11/h1-9,12-13,15-18H/t12-/m1/s1. The molecular weight excluding hydrogens is 226 g/mol. The van der Waals surface area contributed by atoms with E-state index in [1.54, 1.807) is 0 Å². The highest BCUT2D eigenvalue weighted by Gasteiger charge is 2.27. The van der Waals surface area contributed by atoms with E-state index in [1.165, 1.54) is 5.56 Å². The van der Waals surface area contributed by atoms with Crippen LogP contribution in [0.25, 0.3) is 0 Å². The molecule has 1 fully saturated rings. The number of hydrogen-bond donors (Lipinski definition) is 4. The molecule has 0 bridgehead atoms. The summed E-state index contributed by atoms with van der Waals surface area (Å²) < 4.78 is 0. The van der Waals surface area contributed by atoms with Gasteiger partial charge in [-0.15, -0.1) is 0 Å². The number of hydrazine groups is 3. The molecule has 18 heavy (non-hydrogen) atoms. The molecule has 2 heterocycles. The molecule has 1 aromatic heterocycles. The molecule has 0 radical (unpaired) electrons. The van der Waals surface area contributed by atoms with Crippen molar-refractivity contribution in [2.45, 2.75) is 12.1 Å². The smallest absolute Gasteiger partial charge is 0.0983 e. The maximum absolute atomic E-state index is 4.46. The van der Waals surface area contributed by atoms with Gasteiger partial charge in [0.15, 0.2) is 0 Å². The van der Waals surface area contributed by atoms with Gasteiger partial charge in [-0.1, -0.05) is 36.4 Å². The summed E-state index contributed by atoms with van der Waals surface area (Å²) in [6.45, 7) is 0. The van der Waals surface area contributed by atoms with E-state index in [0.29, 0.717) is 0 Å². The van der Waals surface area contributed by atoms with Gasteiger partial charge in [0.1, 0.15) is 0 Å². The summed E-state index contributed by atoms with van der Waals surface area (Å²) in [4.78, 5) is 4.46. The van der Waals surface area contributed by atoms with Crippen molar-refractivity contribution < 1.29 is 0 Å². The highest BCUT2D eigenvalue weighted by atomic mass is 15.8. The quantitative estimate of drug-likeness (QED) is 0.636. The first kappa shape index (κ1) is 11.3. The van der Waals surface area contributed by atoms with Crippen LogP contribution in [0.5, 0.6) is 0 Å². The third kappa shape index (κ3) is 2.25. The van der Waals surface area contributed by atoms with Crippen LogP contribution in [-0.4, -0.2) is 11.1 Å². The Morgan fingerprint density at radius 1 is 0.889 bits per heavy atom. The number of nitrogens with zero attached hydrogens (tertiary/aromatic N) is 1. The first-order valence-corrected chi connectivity index (χ1v) is 5.92. The molecule has 0 unspecified atom stereocenters. The van der Waals surface area contributed by atoms with Crippen LogP contribution in [0.15, 0.2) is 54.7 Å². The predicted molar refractivity (Wildman–Crippen MR) is 68.9 cm³/mol. The summed E-state index contributed by atoms with van der Waals surface area (Å²) in [7, 11) is 0. The molecule has 5 heteroatoms. The van der Waals surface area contributed by atoms with Crippen LogP contribution in [0.3, 0.4) is 0 Å². The molecule has 0 spiro atoms. The lowest BCUT2D eigenvalue weighted by Gasteiger charge is -2.22. The van der Waals surface area contributed by atoms with Crippen LogP contribution in [0, 0.1) is 0 Å². The zero-order valence-corrected chi connectivity index (χ0v) is 9.80. The molecule has 92 valence electrons. The molecule has 1 aliphatic heterocycles. The van der Waals surface area contributed by atoms with Crippen molar-refractivity contribution in [1.82, 2.24) is 26.9 Å². The number of aromatic nitrogens is 1. The molecule has 2 aromatic rings. The Hall–Kier alpha value is -1.79. The highest BCUT2D eigenvalue weighted by Crippen LogP contribution is 2.25. The van der Waals surface area contributed by atoms with E-state index in [4.69, 9.17) is 0 Å². The molecule has 5 nitrogen and oxygen atoms in total. The van der Waals surface area contributed by atoms with Crippen molar-refractivity contribution in [1.29, 1.82) is 0 Å². The second-order valence-electron chi connectivity index (χ2n) is 4.16. The molecule has 4 N–H and O–H groups in total. The van der Waals surface area contributed by atoms with Gasteiger partial charge < -0.3 is 0 Å². The number of hydrogen-bond acceptors (Lipinski definition) is 5. The van der Waals surface area contributed by atoms with Crippen LogP contribution in [0.2, 0.25) is 0 Å². The van der Waals surface area contributed by atoms with Gasteiger partial charge in [0.2, 0.25) is 0 Å². The van der Waals surface area contributed by atoms with Crippen molar-refractivity contribution in [3.63, 3.8) is 0 Å². The Balaban J connectivity index is 1.98. The second kappa shape index (κ2) is 5.24. The molecule has 0 amide bonds. The van der Waals surface area contributed by atoms with Gasteiger partial charge in [0, 0.05) is 6.20 Å². The van der Waals surface area contributed by atoms with Crippen LogP contribution in [0.4, 0.5) is 0 Å². The zero-order chi connectivity index (χ0) is 12.2. The maximum atomic E-state index is 4.46. The van der Waals surface area contributed by atoms with Crippen molar-refractivity contribution >= 4 is 0 Å². The van der Waals surface area contributed by atoms with Crippen LogP contribution in [0.1, 0.15) is 17.2 Å². The van der Waals surface area contributed by atoms with E-state index in [0.717, 1.165) is 5.69 Å². The van der Waals surface area contributed by atoms with Crippen molar-refractivity contribution in [2.24, 2.45) is 0 Å². The van der Waals surface area contributed by atoms with Gasteiger partial charge in [0.25, 0.3) is 0 Å². The predicted octanol–water partition coefficient (Wildman–Crippen LogP) is 0.657. The number of benzene rings is 1. The minimum atomic E-state index is 0.0438. The highest BCUT2D eigenvalue weighted by molar-refractivity contribution is 5.30. The van der Waals surface area contributed by atoms with Crippen molar-refractivity contribution in [3.05, 3.63) is 66.0 Å². The SMILES string of the molecule is c1ccc([C@H](c2ccccn2)C2NNNN2)cc1. The first-order chi connectivity index (χ1) is 8.95. The number of pyridine rings is 1. The Morgan fingerprint density at radius 2 is 1.61 bits per heavy atom. The molecule has 0 aliphatic carbocycles. The van der Waals surface area contributed by atoms with Gasteiger partial charge in [-0.05, 0) is 17.7 Å². The summed E-state index contributed by atoms with van der Waals surface area (Å²) in [6, 6.07) is 16.3. The molecule has 1 aliphatic rings. The molecule has 1 aromatic carbocycles. The first-order valence-electron chi connectivity index (χ1n) is 5.92. The fourth-order valence-corrected chi connectivity index (χ4v) is 2.18. The summed E-state index contributed by atoms with van der Waals surface area (Å²) in [5.74, 6) is 0.134. The van der Waals surface area contributed by atoms with Gasteiger partial charge in [-0.3, -0.25) is 4.98 Å². The lowest BCUT2D eigenvalue weighted by atomic mass is 9.92. The molecular formula is C13H15N5. The fourth-order valence-electron chi connectivity index (χ4n) is 2.18. The van der Waals surface area contributed by atoms with Gasteiger partial charge in [0.05, 0.1) is 17.8 Å². The van der Waals surface area contributed by atoms with Gasteiger partial charge in [-0.25, -0.2) is 10.9 Å². The minimum Gasteiger partial charge on any atom is -0.261 e. The Kier molecular flexibility index (Phi) is 3.29. The fraction of sp³-hybridized carbons (Fsp3) is 0.154. The monoisotopic (exact) mass is 241 g/mol. The van der Waals surface area contributed by atoms with Gasteiger partial charge >= 0.3 is 0 Å². The van der Waals surface area contributed by atoms with Crippen molar-refractivity contribution in [2.75, 3.05) is 0 Å². The number of rotatable bonds is 3. The van der Waals surface area contributed by atoms with Crippen molar-refractivity contribution in [3.8, 4) is 0 Å². The third-order valence-corrected chi connectivity index (χ3v) is 3.02. The molecule has 3 rings (SSSR count). The lowest BCUT2D eigenvalue weighted by molar-refractivity contribution is 0.466. The Morgan fingerprint density at radius 3 is 2.28 bits per heavy atom. The van der Waals surface area contributed by atoms with E-state index in [1.807, 2.05) is 42.6 Å². The summed E-state index contributed by atoms with van der Waals surface area (Å²) in [5.41, 5.74) is 14.2. The molecule has 0 saturated carbocycles. The lowest BCUT2D eigenvalue weighted by Crippen LogP contribution is -2.40. The second-order valence-corrected chi connectivity index (χ2v) is 4.16. The molecule has 1 saturated heterocycles. The summed E-state index contributed by atoms with van der Waals surface area (Å²) in [6.07, 6.45) is 1.86. The summed E-state index contributed by atoms with van der Waals surface area (Å²) in [5, 5.41) is 0. The topological polar surface area (TPSA) is 61.0 Å². The van der Waals surface area contributed by atoms with Crippen LogP contribution < -0.4 is 21.9 Å². The van der Waals surface area contributed by atoms with E-state index < -0.39 is 0 Å². The van der Waals surface area contributed by atoms with E-state index in [9.17, 15) is 0 Å². The van der Waals surface area contributed by atoms with E-state index in [-0.39, 0.29) is 12.1 Å². The van der Waals surface area contributed by atoms with E-state index >= 15 is 0 Å². The van der Waals surface area contributed by atoms with Crippen LogP contribution >= 0.6 is 0 Å². The minimum absolute atomic E-state index is 0.0438. The third-order valence-electron chi connectivity index (χ3n) is 3.02. The largest absolute Gasteiger partial charge is 0.261 e. The Labute approximate surface area is 106 Å². The zero-order valence-electron chi connectivity index (χ0n) is 9.80.